The van der Waals surface area contributed by atoms with Gasteiger partial charge in [-0.25, -0.2) is 9.37 Å². The average molecular weight is 319 g/mol. The summed E-state index contributed by atoms with van der Waals surface area (Å²) in [4.78, 5) is 21.3. The number of H-pyrrole nitrogens is 1. The minimum atomic E-state index is -0.394. The number of aryl methyl sites for hydroxylation is 1. The predicted octanol–water partition coefficient (Wildman–Crippen LogP) is 1.84. The Hall–Kier alpha value is -2.41. The summed E-state index contributed by atoms with van der Waals surface area (Å²) >= 11 is 0. The van der Waals surface area contributed by atoms with Gasteiger partial charge in [-0.15, -0.1) is 0 Å². The van der Waals surface area contributed by atoms with E-state index in [1.54, 1.807) is 23.2 Å². The van der Waals surface area contributed by atoms with Crippen LogP contribution in [0.4, 0.5) is 4.39 Å². The Morgan fingerprint density at radius 1 is 1.57 bits per heavy atom. The van der Waals surface area contributed by atoms with Crippen molar-refractivity contribution < 1.29 is 18.7 Å². The summed E-state index contributed by atoms with van der Waals surface area (Å²) in [5, 5.41) is 0. The molecular formula is C16H18FN3O3. The van der Waals surface area contributed by atoms with E-state index in [2.05, 4.69) is 9.97 Å². The Morgan fingerprint density at radius 3 is 3.17 bits per heavy atom. The first-order valence-corrected chi connectivity index (χ1v) is 7.41. The van der Waals surface area contributed by atoms with Crippen LogP contribution >= 0.6 is 0 Å². The molecule has 23 heavy (non-hydrogen) atoms. The van der Waals surface area contributed by atoms with Crippen LogP contribution in [0.25, 0.3) is 0 Å². The van der Waals surface area contributed by atoms with Crippen molar-refractivity contribution in [1.29, 1.82) is 0 Å². The molecular weight excluding hydrogens is 301 g/mol. The Morgan fingerprint density at radius 2 is 2.43 bits per heavy atom. The lowest BCUT2D eigenvalue weighted by atomic mass is 10.2. The molecule has 1 aliphatic heterocycles. The van der Waals surface area contributed by atoms with Gasteiger partial charge in [0, 0.05) is 24.5 Å². The maximum absolute atomic E-state index is 13.1. The quantitative estimate of drug-likeness (QED) is 0.934. The van der Waals surface area contributed by atoms with Crippen molar-refractivity contribution in [2.45, 2.75) is 13.0 Å². The van der Waals surface area contributed by atoms with Gasteiger partial charge in [0.1, 0.15) is 23.5 Å². The summed E-state index contributed by atoms with van der Waals surface area (Å²) < 4.78 is 24.1. The second-order valence-electron chi connectivity index (χ2n) is 5.40. The number of benzene rings is 1. The zero-order chi connectivity index (χ0) is 16.2. The fraction of sp³-hybridized carbons (Fsp3) is 0.375. The zero-order valence-corrected chi connectivity index (χ0v) is 12.8. The van der Waals surface area contributed by atoms with Crippen molar-refractivity contribution in [3.05, 3.63) is 47.8 Å². The topological polar surface area (TPSA) is 67.5 Å². The number of amides is 1. The highest BCUT2D eigenvalue weighted by Crippen LogP contribution is 2.20. The van der Waals surface area contributed by atoms with Gasteiger partial charge in [0.2, 0.25) is 0 Å². The summed E-state index contributed by atoms with van der Waals surface area (Å²) in [6, 6.07) is 5.73. The van der Waals surface area contributed by atoms with Crippen molar-refractivity contribution in [2.24, 2.45) is 0 Å². The minimum absolute atomic E-state index is 0.132. The van der Waals surface area contributed by atoms with Crippen LogP contribution in [0.5, 0.6) is 5.75 Å². The number of aromatic amines is 1. The lowest BCUT2D eigenvalue weighted by Crippen LogP contribution is -2.44. The number of halogens is 1. The summed E-state index contributed by atoms with van der Waals surface area (Å²) in [6.07, 6.45) is 1.46. The Labute approximate surface area is 133 Å². The SMILES string of the molecule is Cc1cnc(C2CN(C(=O)COc3cccc(F)c3)CCO2)[nH]1. The predicted molar refractivity (Wildman–Crippen MR) is 80.5 cm³/mol. The van der Waals surface area contributed by atoms with E-state index in [4.69, 9.17) is 9.47 Å². The molecule has 0 radical (unpaired) electrons. The smallest absolute Gasteiger partial charge is 0.260 e. The molecule has 2 heterocycles. The number of imidazole rings is 1. The van der Waals surface area contributed by atoms with Crippen LogP contribution in [0.2, 0.25) is 0 Å². The highest BCUT2D eigenvalue weighted by atomic mass is 19.1. The number of nitrogens with zero attached hydrogens (tertiary/aromatic N) is 2. The molecule has 1 aliphatic rings. The Kier molecular flexibility index (Phi) is 4.57. The lowest BCUT2D eigenvalue weighted by molar-refractivity contribution is -0.141. The van der Waals surface area contributed by atoms with Gasteiger partial charge in [-0.2, -0.15) is 0 Å². The molecule has 1 unspecified atom stereocenters. The molecule has 1 amide bonds. The van der Waals surface area contributed by atoms with Crippen LogP contribution in [-0.2, 0) is 9.53 Å². The normalized spacial score (nSPS) is 18.0. The van der Waals surface area contributed by atoms with E-state index in [0.717, 1.165) is 5.69 Å². The van der Waals surface area contributed by atoms with Crippen molar-refractivity contribution in [3.8, 4) is 5.75 Å². The second kappa shape index (κ2) is 6.78. The summed E-state index contributed by atoms with van der Waals surface area (Å²) in [6.45, 7) is 3.14. The van der Waals surface area contributed by atoms with Crippen molar-refractivity contribution >= 4 is 5.91 Å². The van der Waals surface area contributed by atoms with Gasteiger partial charge in [0.25, 0.3) is 5.91 Å². The number of ether oxygens (including phenoxy) is 2. The fourth-order valence-electron chi connectivity index (χ4n) is 2.43. The Balaban J connectivity index is 1.56. The second-order valence-corrected chi connectivity index (χ2v) is 5.40. The standard InChI is InChI=1S/C16H18FN3O3/c1-11-8-18-16(19-11)14-9-20(5-6-22-14)15(21)10-23-13-4-2-3-12(17)7-13/h2-4,7-8,14H,5-6,9-10H2,1H3,(H,18,19). The molecule has 0 spiro atoms. The number of nitrogens with one attached hydrogen (secondary N) is 1. The fourth-order valence-corrected chi connectivity index (χ4v) is 2.43. The first-order chi connectivity index (χ1) is 11.1. The molecule has 0 aliphatic carbocycles. The van der Waals surface area contributed by atoms with Gasteiger partial charge >= 0.3 is 0 Å². The van der Waals surface area contributed by atoms with Gasteiger partial charge in [0.05, 0.1) is 13.2 Å². The van der Waals surface area contributed by atoms with Gasteiger partial charge in [-0.1, -0.05) is 6.07 Å². The van der Waals surface area contributed by atoms with Crippen molar-refractivity contribution in [1.82, 2.24) is 14.9 Å². The van der Waals surface area contributed by atoms with Gasteiger partial charge in [-0.05, 0) is 19.1 Å². The minimum Gasteiger partial charge on any atom is -0.484 e. The molecule has 1 atom stereocenters. The van der Waals surface area contributed by atoms with Crippen molar-refractivity contribution in [3.63, 3.8) is 0 Å². The van der Waals surface area contributed by atoms with Crippen molar-refractivity contribution in [2.75, 3.05) is 26.3 Å². The molecule has 1 fully saturated rings. The number of hydrogen-bond acceptors (Lipinski definition) is 4. The molecule has 7 heteroatoms. The van der Waals surface area contributed by atoms with Crippen LogP contribution in [-0.4, -0.2) is 47.1 Å². The van der Waals surface area contributed by atoms with Crippen LogP contribution < -0.4 is 4.74 Å². The third kappa shape index (κ3) is 3.87. The van der Waals surface area contributed by atoms with Gasteiger partial charge in [-0.3, -0.25) is 4.79 Å². The van der Waals surface area contributed by atoms with Crippen LogP contribution in [0.15, 0.2) is 30.5 Å². The number of morpholine rings is 1. The summed E-state index contributed by atoms with van der Waals surface area (Å²) in [7, 11) is 0. The van der Waals surface area contributed by atoms with E-state index in [-0.39, 0.29) is 18.6 Å². The largest absolute Gasteiger partial charge is 0.484 e. The Bertz CT molecular complexity index is 689. The van der Waals surface area contributed by atoms with Gasteiger partial charge < -0.3 is 19.4 Å². The number of aromatic nitrogens is 2. The zero-order valence-electron chi connectivity index (χ0n) is 12.8. The molecule has 2 aromatic rings. The van der Waals surface area contributed by atoms with E-state index < -0.39 is 5.82 Å². The molecule has 6 nitrogen and oxygen atoms in total. The first kappa shape index (κ1) is 15.5. The highest BCUT2D eigenvalue weighted by Gasteiger charge is 2.27. The summed E-state index contributed by atoms with van der Waals surface area (Å²) in [5.41, 5.74) is 0.946. The maximum Gasteiger partial charge on any atom is 0.260 e. The molecule has 3 rings (SSSR count). The molecule has 122 valence electrons. The number of hydrogen-bond donors (Lipinski definition) is 1. The number of carbonyl (C=O) groups excluding carboxylic acids is 1. The third-order valence-electron chi connectivity index (χ3n) is 3.61. The monoisotopic (exact) mass is 319 g/mol. The first-order valence-electron chi connectivity index (χ1n) is 7.41. The van der Waals surface area contributed by atoms with E-state index in [0.29, 0.717) is 31.3 Å². The van der Waals surface area contributed by atoms with E-state index in [1.807, 2.05) is 6.92 Å². The van der Waals surface area contributed by atoms with Crippen LogP contribution in [0, 0.1) is 12.7 Å². The average Bonchev–Trinajstić information content (AvgIpc) is 2.99. The van der Waals surface area contributed by atoms with E-state index in [1.165, 1.54) is 12.1 Å². The summed E-state index contributed by atoms with van der Waals surface area (Å²) in [5.74, 6) is 0.497. The molecule has 1 aromatic heterocycles. The lowest BCUT2D eigenvalue weighted by Gasteiger charge is -2.32. The molecule has 0 saturated carbocycles. The molecule has 0 bridgehead atoms. The van der Waals surface area contributed by atoms with E-state index >= 15 is 0 Å². The molecule has 1 saturated heterocycles. The molecule has 1 aromatic carbocycles. The van der Waals surface area contributed by atoms with E-state index in [9.17, 15) is 9.18 Å². The van der Waals surface area contributed by atoms with Crippen LogP contribution in [0.3, 0.4) is 0 Å². The van der Waals surface area contributed by atoms with Gasteiger partial charge in [0.15, 0.2) is 6.61 Å². The van der Waals surface area contributed by atoms with Crippen LogP contribution in [0.1, 0.15) is 17.6 Å². The number of carbonyl (C=O) groups is 1. The third-order valence-corrected chi connectivity index (χ3v) is 3.61. The molecule has 1 N–H and O–H groups in total. The highest BCUT2D eigenvalue weighted by molar-refractivity contribution is 5.77. The number of rotatable bonds is 4. The maximum atomic E-state index is 13.1.